The minimum atomic E-state index is -0.912. The third kappa shape index (κ3) is 5.42. The molecule has 2 atom stereocenters. The standard InChI is InChI=1S/C24H28N2O5/c1-3-21(23(29)25-15(2)12-13-22(27)28)26-24(30)31-14-20-18-10-6-4-8-16(18)17-9-5-7-11-19(17)20/h4-11,15,20-21H,3,12-14H2,1-2H3,(H,25,29)(H,26,30)(H,27,28)/t15?,21-/m1/s1. The zero-order valence-corrected chi connectivity index (χ0v) is 17.8. The number of aliphatic carboxylic acids is 1. The van der Waals surface area contributed by atoms with Crippen molar-refractivity contribution in [2.75, 3.05) is 6.61 Å². The molecule has 0 saturated carbocycles. The van der Waals surface area contributed by atoms with Crippen LogP contribution >= 0.6 is 0 Å². The molecule has 3 N–H and O–H groups in total. The van der Waals surface area contributed by atoms with Crippen molar-refractivity contribution in [3.8, 4) is 11.1 Å². The quantitative estimate of drug-likeness (QED) is 0.570. The van der Waals surface area contributed by atoms with E-state index in [1.165, 1.54) is 0 Å². The summed E-state index contributed by atoms with van der Waals surface area (Å²) in [4.78, 5) is 35.5. The van der Waals surface area contributed by atoms with Gasteiger partial charge in [0, 0.05) is 18.4 Å². The molecule has 0 spiro atoms. The van der Waals surface area contributed by atoms with Crippen molar-refractivity contribution in [1.29, 1.82) is 0 Å². The fraction of sp³-hybridized carbons (Fsp3) is 0.375. The van der Waals surface area contributed by atoms with Crippen LogP contribution in [0.3, 0.4) is 0 Å². The largest absolute Gasteiger partial charge is 0.481 e. The maximum atomic E-state index is 12.4. The molecular weight excluding hydrogens is 396 g/mol. The van der Waals surface area contributed by atoms with Gasteiger partial charge >= 0.3 is 12.1 Å². The normalized spacial score (nSPS) is 14.1. The number of rotatable bonds is 9. The van der Waals surface area contributed by atoms with E-state index in [9.17, 15) is 14.4 Å². The summed E-state index contributed by atoms with van der Waals surface area (Å²) in [5.74, 6) is -1.32. The third-order valence-corrected chi connectivity index (χ3v) is 5.54. The van der Waals surface area contributed by atoms with Crippen molar-refractivity contribution in [1.82, 2.24) is 10.6 Å². The number of fused-ring (bicyclic) bond motifs is 3. The Balaban J connectivity index is 1.57. The van der Waals surface area contributed by atoms with E-state index in [4.69, 9.17) is 9.84 Å². The summed E-state index contributed by atoms with van der Waals surface area (Å²) in [6.07, 6.45) is 0.0318. The van der Waals surface area contributed by atoms with Gasteiger partial charge in [-0.1, -0.05) is 55.5 Å². The van der Waals surface area contributed by atoms with Crippen LogP contribution in [0.4, 0.5) is 4.79 Å². The first kappa shape index (κ1) is 22.3. The number of hydrogen-bond acceptors (Lipinski definition) is 4. The van der Waals surface area contributed by atoms with Crippen LogP contribution in [-0.2, 0) is 14.3 Å². The molecule has 1 unspecified atom stereocenters. The molecule has 0 saturated heterocycles. The Morgan fingerprint density at radius 2 is 1.58 bits per heavy atom. The van der Waals surface area contributed by atoms with Crippen LogP contribution in [-0.4, -0.2) is 41.8 Å². The highest BCUT2D eigenvalue weighted by Gasteiger charge is 2.29. The van der Waals surface area contributed by atoms with Gasteiger partial charge in [-0.15, -0.1) is 0 Å². The average molecular weight is 424 g/mol. The van der Waals surface area contributed by atoms with Crippen molar-refractivity contribution < 1.29 is 24.2 Å². The number of carbonyl (C=O) groups is 3. The molecule has 2 amide bonds. The Hall–Kier alpha value is -3.35. The molecule has 0 aromatic heterocycles. The fourth-order valence-electron chi connectivity index (χ4n) is 3.89. The van der Waals surface area contributed by atoms with Crippen LogP contribution in [0.1, 0.15) is 50.2 Å². The summed E-state index contributed by atoms with van der Waals surface area (Å²) in [7, 11) is 0. The fourth-order valence-corrected chi connectivity index (χ4v) is 3.89. The molecule has 2 aromatic carbocycles. The average Bonchev–Trinajstić information content (AvgIpc) is 3.08. The minimum absolute atomic E-state index is 0.0297. The van der Waals surface area contributed by atoms with Crippen molar-refractivity contribution >= 4 is 18.0 Å². The van der Waals surface area contributed by atoms with Crippen LogP contribution < -0.4 is 10.6 Å². The molecule has 2 aromatic rings. The molecular formula is C24H28N2O5. The number of alkyl carbamates (subject to hydrolysis) is 1. The van der Waals surface area contributed by atoms with Gasteiger partial charge in [0.1, 0.15) is 12.6 Å². The molecule has 0 bridgehead atoms. The zero-order valence-electron chi connectivity index (χ0n) is 17.8. The van der Waals surface area contributed by atoms with Crippen molar-refractivity contribution in [3.05, 3.63) is 59.7 Å². The lowest BCUT2D eigenvalue weighted by Gasteiger charge is -2.20. The number of nitrogens with one attached hydrogen (secondary N) is 2. The van der Waals surface area contributed by atoms with E-state index in [0.717, 1.165) is 22.3 Å². The van der Waals surface area contributed by atoms with Gasteiger partial charge in [-0.2, -0.15) is 0 Å². The summed E-state index contributed by atoms with van der Waals surface area (Å²) >= 11 is 0. The number of benzene rings is 2. The molecule has 0 radical (unpaired) electrons. The van der Waals surface area contributed by atoms with Gasteiger partial charge in [0.25, 0.3) is 0 Å². The van der Waals surface area contributed by atoms with Crippen LogP contribution in [0.15, 0.2) is 48.5 Å². The first-order chi connectivity index (χ1) is 14.9. The summed E-state index contributed by atoms with van der Waals surface area (Å²) in [5.41, 5.74) is 4.53. The second-order valence-electron chi connectivity index (χ2n) is 7.77. The highest BCUT2D eigenvalue weighted by Crippen LogP contribution is 2.44. The Labute approximate surface area is 181 Å². The molecule has 3 rings (SSSR count). The lowest BCUT2D eigenvalue weighted by Crippen LogP contribution is -2.49. The number of carboxylic acid groups (broad SMARTS) is 1. The van der Waals surface area contributed by atoms with E-state index in [-0.39, 0.29) is 30.9 Å². The van der Waals surface area contributed by atoms with Gasteiger partial charge in [-0.05, 0) is 42.0 Å². The van der Waals surface area contributed by atoms with Crippen LogP contribution in [0.5, 0.6) is 0 Å². The monoisotopic (exact) mass is 424 g/mol. The van der Waals surface area contributed by atoms with Gasteiger partial charge in [-0.3, -0.25) is 9.59 Å². The summed E-state index contributed by atoms with van der Waals surface area (Å²) < 4.78 is 5.50. The maximum Gasteiger partial charge on any atom is 0.407 e. The van der Waals surface area contributed by atoms with Gasteiger partial charge in [-0.25, -0.2) is 4.79 Å². The Morgan fingerprint density at radius 1 is 1.00 bits per heavy atom. The highest BCUT2D eigenvalue weighted by molar-refractivity contribution is 5.86. The van der Waals surface area contributed by atoms with Crippen LogP contribution in [0, 0.1) is 0 Å². The van der Waals surface area contributed by atoms with E-state index in [0.29, 0.717) is 12.8 Å². The summed E-state index contributed by atoms with van der Waals surface area (Å²) in [6, 6.07) is 15.1. The van der Waals surface area contributed by atoms with Crippen LogP contribution in [0.25, 0.3) is 11.1 Å². The predicted molar refractivity (Wildman–Crippen MR) is 117 cm³/mol. The van der Waals surface area contributed by atoms with Crippen molar-refractivity contribution in [2.45, 2.75) is 51.1 Å². The first-order valence-corrected chi connectivity index (χ1v) is 10.5. The van der Waals surface area contributed by atoms with Gasteiger partial charge in [0.05, 0.1) is 0 Å². The Morgan fingerprint density at radius 3 is 2.13 bits per heavy atom. The second-order valence-corrected chi connectivity index (χ2v) is 7.77. The lowest BCUT2D eigenvalue weighted by molar-refractivity contribution is -0.137. The van der Waals surface area contributed by atoms with E-state index in [2.05, 4.69) is 22.8 Å². The molecule has 7 nitrogen and oxygen atoms in total. The third-order valence-electron chi connectivity index (χ3n) is 5.54. The number of hydrogen-bond donors (Lipinski definition) is 3. The van der Waals surface area contributed by atoms with E-state index >= 15 is 0 Å². The van der Waals surface area contributed by atoms with Gasteiger partial charge in [0.2, 0.25) is 5.91 Å². The number of carbonyl (C=O) groups excluding carboxylic acids is 2. The van der Waals surface area contributed by atoms with Crippen molar-refractivity contribution in [3.63, 3.8) is 0 Å². The molecule has 1 aliphatic rings. The molecule has 0 aliphatic heterocycles. The molecule has 164 valence electrons. The summed E-state index contributed by atoms with van der Waals surface area (Å²) in [6.45, 7) is 3.70. The van der Waals surface area contributed by atoms with Gasteiger partial charge in [0.15, 0.2) is 0 Å². The minimum Gasteiger partial charge on any atom is -0.481 e. The molecule has 0 fully saturated rings. The predicted octanol–water partition coefficient (Wildman–Crippen LogP) is 3.67. The zero-order chi connectivity index (χ0) is 22.4. The van der Waals surface area contributed by atoms with E-state index in [1.807, 2.05) is 36.4 Å². The first-order valence-electron chi connectivity index (χ1n) is 10.5. The number of ether oxygens (including phenoxy) is 1. The van der Waals surface area contributed by atoms with Crippen molar-refractivity contribution in [2.24, 2.45) is 0 Å². The Kier molecular flexibility index (Phi) is 7.28. The number of carboxylic acids is 1. The Bertz CT molecular complexity index is 913. The maximum absolute atomic E-state index is 12.4. The highest BCUT2D eigenvalue weighted by atomic mass is 16.5. The van der Waals surface area contributed by atoms with E-state index in [1.54, 1.807) is 13.8 Å². The topological polar surface area (TPSA) is 105 Å². The second kappa shape index (κ2) is 10.1. The number of amides is 2. The molecule has 0 heterocycles. The van der Waals surface area contributed by atoms with Crippen LogP contribution in [0.2, 0.25) is 0 Å². The molecule has 1 aliphatic carbocycles. The van der Waals surface area contributed by atoms with E-state index < -0.39 is 18.1 Å². The SMILES string of the molecule is CC[C@@H](NC(=O)OCC1c2ccccc2-c2ccccc21)C(=O)NC(C)CCC(=O)O. The smallest absolute Gasteiger partial charge is 0.407 e. The molecule has 31 heavy (non-hydrogen) atoms. The lowest BCUT2D eigenvalue weighted by atomic mass is 9.98. The van der Waals surface area contributed by atoms with Gasteiger partial charge < -0.3 is 20.5 Å². The summed E-state index contributed by atoms with van der Waals surface area (Å²) in [5, 5.41) is 14.1. The molecule has 7 heteroatoms.